The van der Waals surface area contributed by atoms with Crippen LogP contribution in [-0.4, -0.2) is 35.5 Å². The molecular weight excluding hydrogens is 446 g/mol. The van der Waals surface area contributed by atoms with Gasteiger partial charge in [-0.25, -0.2) is 4.79 Å². The highest BCUT2D eigenvalue weighted by Gasteiger charge is 2.43. The Balaban J connectivity index is 1.20. The first-order chi connectivity index (χ1) is 17.7. The summed E-state index contributed by atoms with van der Waals surface area (Å²) in [5.74, 6) is 6.61. The van der Waals surface area contributed by atoms with Gasteiger partial charge in [0.05, 0.1) is 6.42 Å². The summed E-state index contributed by atoms with van der Waals surface area (Å²) in [5.41, 5.74) is 4.93. The summed E-state index contributed by atoms with van der Waals surface area (Å²) in [4.78, 5) is 28.2. The Morgan fingerprint density at radius 3 is 2.19 bits per heavy atom. The van der Waals surface area contributed by atoms with Crippen LogP contribution < -0.4 is 0 Å². The van der Waals surface area contributed by atoms with Gasteiger partial charge in [-0.2, -0.15) is 0 Å². The number of fused-ring (bicyclic) bond motifs is 5. The van der Waals surface area contributed by atoms with Crippen LogP contribution in [0.2, 0.25) is 0 Å². The van der Waals surface area contributed by atoms with Crippen molar-refractivity contribution in [3.63, 3.8) is 0 Å². The molecule has 4 nitrogen and oxygen atoms in total. The maximum absolute atomic E-state index is 13.4. The van der Waals surface area contributed by atoms with Crippen molar-refractivity contribution in [1.29, 1.82) is 0 Å². The van der Waals surface area contributed by atoms with Gasteiger partial charge in [0.1, 0.15) is 12.4 Å². The van der Waals surface area contributed by atoms with E-state index in [1.807, 2.05) is 4.90 Å². The SMILES string of the molecule is CCCCCC#CCC(=O)C1CC2CCCC(C1)N2C(=O)OCC1c2ccccc2-c2ccccc21. The summed E-state index contributed by atoms with van der Waals surface area (Å²) < 4.78 is 6.00. The van der Waals surface area contributed by atoms with E-state index in [0.29, 0.717) is 13.0 Å². The first-order valence-electron chi connectivity index (χ1n) is 13.8. The van der Waals surface area contributed by atoms with Crippen molar-refractivity contribution in [1.82, 2.24) is 4.90 Å². The molecule has 1 amide bonds. The third-order valence-corrected chi connectivity index (χ3v) is 8.27. The molecule has 0 aromatic heterocycles. The van der Waals surface area contributed by atoms with Gasteiger partial charge in [-0.15, -0.1) is 5.92 Å². The smallest absolute Gasteiger partial charge is 0.410 e. The van der Waals surface area contributed by atoms with Gasteiger partial charge in [-0.3, -0.25) is 4.79 Å². The standard InChI is InChI=1S/C32H37NO3/c1-2-3-4-5-6-7-19-31(34)23-20-24-13-12-14-25(21-23)33(24)32(35)36-22-30-28-17-10-8-15-26(28)27-16-9-11-18-29(27)30/h8-11,15-18,23-25,30H,2-5,12-14,19-22H2,1H3. The molecule has 2 fully saturated rings. The minimum absolute atomic E-state index is 0.0166. The summed E-state index contributed by atoms with van der Waals surface area (Å²) in [6, 6.07) is 17.0. The minimum atomic E-state index is -0.215. The fourth-order valence-electron chi connectivity index (χ4n) is 6.46. The van der Waals surface area contributed by atoms with Crippen LogP contribution in [0.1, 0.15) is 88.2 Å². The van der Waals surface area contributed by atoms with E-state index >= 15 is 0 Å². The Bertz CT molecular complexity index is 1100. The molecule has 36 heavy (non-hydrogen) atoms. The third kappa shape index (κ3) is 5.07. The van der Waals surface area contributed by atoms with E-state index in [-0.39, 0.29) is 35.8 Å². The van der Waals surface area contributed by atoms with Gasteiger partial charge < -0.3 is 9.64 Å². The molecule has 1 aliphatic carbocycles. The van der Waals surface area contributed by atoms with Gasteiger partial charge in [0, 0.05) is 30.3 Å². The lowest BCUT2D eigenvalue weighted by Gasteiger charge is -2.47. The van der Waals surface area contributed by atoms with Crippen LogP contribution in [0.4, 0.5) is 4.79 Å². The Hall–Kier alpha value is -3.06. The van der Waals surface area contributed by atoms with Gasteiger partial charge in [0.15, 0.2) is 0 Å². The maximum Gasteiger partial charge on any atom is 0.410 e. The highest BCUT2D eigenvalue weighted by atomic mass is 16.6. The molecule has 2 unspecified atom stereocenters. The first-order valence-corrected chi connectivity index (χ1v) is 13.8. The molecule has 2 bridgehead atoms. The second-order valence-electron chi connectivity index (χ2n) is 10.6. The van der Waals surface area contributed by atoms with Gasteiger partial charge >= 0.3 is 6.09 Å². The van der Waals surface area contributed by atoms with E-state index in [1.165, 1.54) is 35.1 Å². The van der Waals surface area contributed by atoms with Crippen LogP contribution in [0.25, 0.3) is 11.1 Å². The van der Waals surface area contributed by atoms with E-state index in [2.05, 4.69) is 67.3 Å². The van der Waals surface area contributed by atoms with Crippen molar-refractivity contribution < 1.29 is 14.3 Å². The molecular formula is C32H37NO3. The van der Waals surface area contributed by atoms with Crippen LogP contribution in [0.5, 0.6) is 0 Å². The second kappa shape index (κ2) is 11.3. The number of amides is 1. The lowest BCUT2D eigenvalue weighted by atomic mass is 9.76. The van der Waals surface area contributed by atoms with Gasteiger partial charge in [-0.05, 0) is 60.8 Å². The predicted octanol–water partition coefficient (Wildman–Crippen LogP) is 7.11. The zero-order valence-electron chi connectivity index (χ0n) is 21.4. The number of piperidine rings is 2. The minimum Gasteiger partial charge on any atom is -0.448 e. The number of ether oxygens (including phenoxy) is 1. The molecule has 3 aliphatic rings. The maximum atomic E-state index is 13.4. The average molecular weight is 484 g/mol. The van der Waals surface area contributed by atoms with Crippen molar-refractivity contribution >= 4 is 11.9 Å². The van der Waals surface area contributed by atoms with Crippen molar-refractivity contribution in [3.8, 4) is 23.0 Å². The molecule has 4 heteroatoms. The Morgan fingerprint density at radius 2 is 1.56 bits per heavy atom. The van der Waals surface area contributed by atoms with Crippen molar-refractivity contribution in [2.24, 2.45) is 5.92 Å². The topological polar surface area (TPSA) is 46.6 Å². The molecule has 2 aromatic carbocycles. The molecule has 5 rings (SSSR count). The number of hydrogen-bond donors (Lipinski definition) is 0. The molecule has 0 N–H and O–H groups in total. The molecule has 0 radical (unpaired) electrons. The lowest BCUT2D eigenvalue weighted by Crippen LogP contribution is -2.55. The number of carbonyl (C=O) groups is 2. The highest BCUT2D eigenvalue weighted by molar-refractivity contribution is 5.84. The molecule has 2 aromatic rings. The second-order valence-corrected chi connectivity index (χ2v) is 10.6. The fraction of sp³-hybridized carbons (Fsp3) is 0.500. The number of hydrogen-bond acceptors (Lipinski definition) is 3. The van der Waals surface area contributed by atoms with E-state index in [0.717, 1.165) is 44.9 Å². The van der Waals surface area contributed by atoms with Crippen molar-refractivity contribution in [3.05, 3.63) is 59.7 Å². The van der Waals surface area contributed by atoms with Crippen LogP contribution in [0, 0.1) is 17.8 Å². The molecule has 2 saturated heterocycles. The number of carbonyl (C=O) groups excluding carboxylic acids is 2. The molecule has 2 atom stereocenters. The average Bonchev–Trinajstić information content (AvgIpc) is 3.22. The summed E-state index contributed by atoms with van der Waals surface area (Å²) >= 11 is 0. The summed E-state index contributed by atoms with van der Waals surface area (Å²) in [6.45, 7) is 2.53. The van der Waals surface area contributed by atoms with Crippen LogP contribution in [-0.2, 0) is 9.53 Å². The zero-order valence-corrected chi connectivity index (χ0v) is 21.4. The van der Waals surface area contributed by atoms with E-state index in [9.17, 15) is 9.59 Å². The van der Waals surface area contributed by atoms with Gasteiger partial charge in [-0.1, -0.05) is 74.2 Å². The Labute approximate surface area is 215 Å². The highest BCUT2D eigenvalue weighted by Crippen LogP contribution is 2.45. The fourth-order valence-corrected chi connectivity index (χ4v) is 6.46. The van der Waals surface area contributed by atoms with Crippen molar-refractivity contribution in [2.45, 2.75) is 89.1 Å². The van der Waals surface area contributed by atoms with Crippen LogP contribution >= 0.6 is 0 Å². The van der Waals surface area contributed by atoms with Crippen molar-refractivity contribution in [2.75, 3.05) is 6.61 Å². The normalized spacial score (nSPS) is 22.2. The molecule has 0 saturated carbocycles. The first kappa shape index (κ1) is 24.6. The summed E-state index contributed by atoms with van der Waals surface area (Å²) in [7, 11) is 0. The van der Waals surface area contributed by atoms with Crippen LogP contribution in [0.15, 0.2) is 48.5 Å². The number of ketones is 1. The van der Waals surface area contributed by atoms with E-state index in [1.54, 1.807) is 0 Å². The molecule has 0 spiro atoms. The predicted molar refractivity (Wildman–Crippen MR) is 143 cm³/mol. The molecule has 188 valence electrons. The largest absolute Gasteiger partial charge is 0.448 e. The monoisotopic (exact) mass is 483 g/mol. The Morgan fingerprint density at radius 1 is 0.917 bits per heavy atom. The third-order valence-electron chi connectivity index (χ3n) is 8.27. The van der Waals surface area contributed by atoms with Gasteiger partial charge in [0.25, 0.3) is 0 Å². The Kier molecular flexibility index (Phi) is 7.75. The number of rotatable bonds is 7. The number of nitrogens with zero attached hydrogens (tertiary/aromatic N) is 1. The van der Waals surface area contributed by atoms with Gasteiger partial charge in [0.2, 0.25) is 0 Å². The summed E-state index contributed by atoms with van der Waals surface area (Å²) in [6.07, 6.45) is 9.02. The van der Waals surface area contributed by atoms with E-state index < -0.39 is 0 Å². The summed E-state index contributed by atoms with van der Waals surface area (Å²) in [5, 5.41) is 0. The number of unbranched alkanes of at least 4 members (excludes halogenated alkanes) is 3. The van der Waals surface area contributed by atoms with E-state index in [4.69, 9.17) is 4.74 Å². The molecule has 2 aliphatic heterocycles. The number of benzene rings is 2. The quantitative estimate of drug-likeness (QED) is 0.311. The van der Waals surface area contributed by atoms with Crippen LogP contribution in [0.3, 0.4) is 0 Å². The molecule has 2 heterocycles. The lowest BCUT2D eigenvalue weighted by molar-refractivity contribution is -0.125. The zero-order chi connectivity index (χ0) is 24.9. The number of Topliss-reactive ketones (excluding diaryl/α,β-unsaturated/α-hetero) is 1.